The minimum Gasteiger partial charge on any atom is -0.466 e. The third-order valence-electron chi connectivity index (χ3n) is 5.89. The first-order valence-corrected chi connectivity index (χ1v) is 10.8. The van der Waals surface area contributed by atoms with E-state index in [0.717, 1.165) is 38.9 Å². The van der Waals surface area contributed by atoms with E-state index in [4.69, 9.17) is 4.74 Å². The van der Waals surface area contributed by atoms with Crippen LogP contribution in [-0.2, 0) is 9.53 Å². The van der Waals surface area contributed by atoms with Gasteiger partial charge in [0.1, 0.15) is 11.4 Å². The molecule has 0 aliphatic carbocycles. The van der Waals surface area contributed by atoms with Crippen molar-refractivity contribution in [2.45, 2.75) is 51.9 Å². The second kappa shape index (κ2) is 10.0. The van der Waals surface area contributed by atoms with E-state index in [1.807, 2.05) is 4.90 Å². The summed E-state index contributed by atoms with van der Waals surface area (Å²) < 4.78 is 5.13. The average molecular weight is 392 g/mol. The van der Waals surface area contributed by atoms with Crippen molar-refractivity contribution in [3.8, 4) is 0 Å². The molecule has 0 radical (unpaired) electrons. The van der Waals surface area contributed by atoms with Crippen LogP contribution in [0.5, 0.6) is 0 Å². The molecule has 1 atom stereocenters. The van der Waals surface area contributed by atoms with Crippen molar-refractivity contribution in [3.05, 3.63) is 20.4 Å². The monoisotopic (exact) mass is 391 g/mol. The van der Waals surface area contributed by atoms with Crippen LogP contribution in [0, 0.1) is 5.92 Å². The summed E-state index contributed by atoms with van der Waals surface area (Å²) >= 11 is 0. The number of anilines is 2. The third kappa shape index (κ3) is 4.93. The maximum absolute atomic E-state index is 12.2. The van der Waals surface area contributed by atoms with Gasteiger partial charge in [-0.3, -0.25) is 14.4 Å². The quantitative estimate of drug-likeness (QED) is 0.411. The molecule has 0 bridgehead atoms. The van der Waals surface area contributed by atoms with Crippen LogP contribution in [0.1, 0.15) is 51.9 Å². The molecule has 0 amide bonds. The van der Waals surface area contributed by atoms with Crippen molar-refractivity contribution in [2.75, 3.05) is 56.1 Å². The Kier molecular flexibility index (Phi) is 7.48. The fourth-order valence-corrected chi connectivity index (χ4v) is 4.35. The van der Waals surface area contributed by atoms with Gasteiger partial charge in [-0.05, 0) is 58.7 Å². The fraction of sp³-hybridized carbons (Fsp3) is 0.762. The molecule has 2 fully saturated rings. The zero-order chi connectivity index (χ0) is 19.9. The standard InChI is InChI=1S/C21H33N3O4/c1-2-28-21(27)16-9-7-14-24(15-16)18-17(19(25)20(18)26)22-10-8-13-23-11-5-3-4-6-12-23/h16,22H,2-15H2,1H3/t16-/m0/s1. The van der Waals surface area contributed by atoms with E-state index in [-0.39, 0.29) is 11.9 Å². The van der Waals surface area contributed by atoms with E-state index in [1.165, 1.54) is 25.7 Å². The topological polar surface area (TPSA) is 79.0 Å². The average Bonchev–Trinajstić information content (AvgIpc) is 2.99. The largest absolute Gasteiger partial charge is 0.466 e. The number of hydrogen-bond donors (Lipinski definition) is 1. The van der Waals surface area contributed by atoms with Crippen molar-refractivity contribution in [2.24, 2.45) is 5.92 Å². The van der Waals surface area contributed by atoms with E-state index >= 15 is 0 Å². The van der Waals surface area contributed by atoms with E-state index in [9.17, 15) is 14.4 Å². The molecule has 28 heavy (non-hydrogen) atoms. The van der Waals surface area contributed by atoms with E-state index in [0.29, 0.717) is 37.6 Å². The second-order valence-electron chi connectivity index (χ2n) is 7.96. The molecule has 1 aromatic rings. The summed E-state index contributed by atoms with van der Waals surface area (Å²) in [5, 5.41) is 3.20. The highest BCUT2D eigenvalue weighted by atomic mass is 16.5. The van der Waals surface area contributed by atoms with E-state index in [1.54, 1.807) is 6.92 Å². The van der Waals surface area contributed by atoms with Crippen LogP contribution in [0.15, 0.2) is 9.59 Å². The molecule has 1 N–H and O–H groups in total. The predicted octanol–water partition coefficient (Wildman–Crippen LogP) is 1.74. The summed E-state index contributed by atoms with van der Waals surface area (Å²) in [5.41, 5.74) is 0.0432. The maximum atomic E-state index is 12.2. The van der Waals surface area contributed by atoms with Crippen molar-refractivity contribution in [3.63, 3.8) is 0 Å². The van der Waals surface area contributed by atoms with Crippen LogP contribution in [0.25, 0.3) is 0 Å². The maximum Gasteiger partial charge on any atom is 0.310 e. The molecule has 7 heteroatoms. The lowest BCUT2D eigenvalue weighted by Gasteiger charge is -2.34. The van der Waals surface area contributed by atoms with Gasteiger partial charge >= 0.3 is 5.97 Å². The summed E-state index contributed by atoms with van der Waals surface area (Å²) in [6.45, 7) is 7.33. The smallest absolute Gasteiger partial charge is 0.310 e. The second-order valence-corrected chi connectivity index (χ2v) is 7.96. The Morgan fingerprint density at radius 3 is 2.54 bits per heavy atom. The number of nitrogens with one attached hydrogen (secondary N) is 1. The number of nitrogens with zero attached hydrogens (tertiary/aromatic N) is 2. The normalized spacial score (nSPS) is 21.5. The first-order chi connectivity index (χ1) is 13.6. The van der Waals surface area contributed by atoms with Crippen molar-refractivity contribution in [1.82, 2.24) is 4.90 Å². The van der Waals surface area contributed by atoms with Crippen molar-refractivity contribution in [1.29, 1.82) is 0 Å². The summed E-state index contributed by atoms with van der Waals surface area (Å²) in [7, 11) is 0. The molecular formula is C21H33N3O4. The highest BCUT2D eigenvalue weighted by molar-refractivity contribution is 5.78. The first-order valence-electron chi connectivity index (χ1n) is 10.8. The molecule has 3 rings (SSSR count). The SMILES string of the molecule is CCOC(=O)[C@H]1CCCN(c2c(NCCCN3CCCCCC3)c(=O)c2=O)C1. The Hall–Kier alpha value is -1.89. The zero-order valence-corrected chi connectivity index (χ0v) is 17.0. The number of likely N-dealkylation sites (tertiary alicyclic amines) is 1. The molecule has 2 aliphatic rings. The summed E-state index contributed by atoms with van der Waals surface area (Å²) in [4.78, 5) is 40.7. The minimum atomic E-state index is -0.431. The fourth-order valence-electron chi connectivity index (χ4n) is 4.35. The third-order valence-corrected chi connectivity index (χ3v) is 5.89. The Bertz CT molecular complexity index is 718. The van der Waals surface area contributed by atoms with Crippen molar-refractivity contribution < 1.29 is 9.53 Å². The molecule has 0 saturated carbocycles. The summed E-state index contributed by atoms with van der Waals surface area (Å²) in [5.74, 6) is -0.438. The molecule has 0 aromatic heterocycles. The minimum absolute atomic E-state index is 0.210. The van der Waals surface area contributed by atoms with Crippen molar-refractivity contribution >= 4 is 17.3 Å². The highest BCUT2D eigenvalue weighted by Gasteiger charge is 2.32. The van der Waals surface area contributed by atoms with Crippen LogP contribution < -0.4 is 21.1 Å². The lowest BCUT2D eigenvalue weighted by atomic mass is 9.96. The highest BCUT2D eigenvalue weighted by Crippen LogP contribution is 2.27. The van der Waals surface area contributed by atoms with Crippen LogP contribution >= 0.6 is 0 Å². The van der Waals surface area contributed by atoms with Gasteiger partial charge in [0, 0.05) is 19.6 Å². The van der Waals surface area contributed by atoms with Gasteiger partial charge in [0.2, 0.25) is 0 Å². The molecule has 2 heterocycles. The van der Waals surface area contributed by atoms with E-state index < -0.39 is 10.9 Å². The Morgan fingerprint density at radius 2 is 1.82 bits per heavy atom. The molecule has 2 aliphatic heterocycles. The number of carbonyl (C=O) groups excluding carboxylic acids is 1. The Labute approximate surface area is 166 Å². The van der Waals surface area contributed by atoms with Gasteiger partial charge in [0.25, 0.3) is 10.9 Å². The number of esters is 1. The van der Waals surface area contributed by atoms with E-state index in [2.05, 4.69) is 10.2 Å². The van der Waals surface area contributed by atoms with Gasteiger partial charge in [-0.2, -0.15) is 0 Å². The molecular weight excluding hydrogens is 358 g/mol. The van der Waals surface area contributed by atoms with Crippen LogP contribution in [0.2, 0.25) is 0 Å². The lowest BCUT2D eigenvalue weighted by molar-refractivity contribution is -0.148. The number of rotatable bonds is 8. The number of ether oxygens (including phenoxy) is 1. The number of carbonyl (C=O) groups is 1. The Morgan fingerprint density at radius 1 is 1.07 bits per heavy atom. The summed E-state index contributed by atoms with van der Waals surface area (Å²) in [6, 6.07) is 0. The van der Waals surface area contributed by atoms with Gasteiger partial charge < -0.3 is 19.9 Å². The first kappa shape index (κ1) is 20.8. The predicted molar refractivity (Wildman–Crippen MR) is 111 cm³/mol. The molecule has 1 aromatic carbocycles. The summed E-state index contributed by atoms with van der Waals surface area (Å²) in [6.07, 6.45) is 7.72. The van der Waals surface area contributed by atoms with Gasteiger partial charge in [-0.25, -0.2) is 0 Å². The van der Waals surface area contributed by atoms with Gasteiger partial charge in [-0.1, -0.05) is 12.8 Å². The Balaban J connectivity index is 1.53. The molecule has 156 valence electrons. The van der Waals surface area contributed by atoms with Crippen LogP contribution in [0.4, 0.5) is 11.4 Å². The van der Waals surface area contributed by atoms with Crippen LogP contribution in [-0.4, -0.2) is 56.7 Å². The number of piperidine rings is 1. The molecule has 0 unspecified atom stereocenters. The van der Waals surface area contributed by atoms with Crippen LogP contribution in [0.3, 0.4) is 0 Å². The zero-order valence-electron chi connectivity index (χ0n) is 17.0. The van der Waals surface area contributed by atoms with Gasteiger partial charge in [0.15, 0.2) is 0 Å². The molecule has 7 nitrogen and oxygen atoms in total. The lowest BCUT2D eigenvalue weighted by Crippen LogP contribution is -2.47. The van der Waals surface area contributed by atoms with Gasteiger partial charge in [-0.15, -0.1) is 0 Å². The number of hydrogen-bond acceptors (Lipinski definition) is 7. The van der Waals surface area contributed by atoms with Gasteiger partial charge in [0.05, 0.1) is 12.5 Å². The molecule has 2 saturated heterocycles. The molecule has 0 spiro atoms.